The van der Waals surface area contributed by atoms with Crippen LogP contribution in [-0.2, 0) is 0 Å². The summed E-state index contributed by atoms with van der Waals surface area (Å²) in [5.74, 6) is 0.426. The number of benzene rings is 1. The number of carbonyl (C=O) groups is 1. The highest BCUT2D eigenvalue weighted by Gasteiger charge is 2.21. The first-order valence-corrected chi connectivity index (χ1v) is 5.88. The Morgan fingerprint density at radius 2 is 2.22 bits per heavy atom. The summed E-state index contributed by atoms with van der Waals surface area (Å²) in [6, 6.07) is 7.23. The zero-order valence-electron chi connectivity index (χ0n) is 9.94. The van der Waals surface area contributed by atoms with Gasteiger partial charge in [0.2, 0.25) is 0 Å². The molecule has 1 aromatic carbocycles. The molecular formula is C14H12ClNO2. The quantitative estimate of drug-likeness (QED) is 0.616. The molecule has 4 heteroatoms. The third kappa shape index (κ3) is 2.22. The summed E-state index contributed by atoms with van der Waals surface area (Å²) in [7, 11) is 0. The van der Waals surface area contributed by atoms with Crippen molar-refractivity contribution in [1.29, 1.82) is 0 Å². The van der Waals surface area contributed by atoms with Crippen molar-refractivity contribution < 1.29 is 9.32 Å². The topological polar surface area (TPSA) is 43.1 Å². The van der Waals surface area contributed by atoms with Crippen LogP contribution in [0.4, 0.5) is 0 Å². The highest BCUT2D eigenvalue weighted by molar-refractivity contribution is 6.33. The predicted molar refractivity (Wildman–Crippen MR) is 70.8 cm³/mol. The molecular weight excluding hydrogens is 250 g/mol. The maximum atomic E-state index is 12.0. The zero-order valence-corrected chi connectivity index (χ0v) is 10.7. The Balaban J connectivity index is 2.56. The molecule has 0 unspecified atom stereocenters. The fourth-order valence-corrected chi connectivity index (χ4v) is 2.00. The van der Waals surface area contributed by atoms with E-state index in [-0.39, 0.29) is 12.2 Å². The largest absolute Gasteiger partial charge is 0.360 e. The molecule has 0 radical (unpaired) electrons. The van der Waals surface area contributed by atoms with Crippen LogP contribution in [0.2, 0.25) is 5.02 Å². The van der Waals surface area contributed by atoms with E-state index in [1.807, 2.05) is 18.2 Å². The minimum atomic E-state index is -0.0707. The first kappa shape index (κ1) is 12.6. The van der Waals surface area contributed by atoms with Gasteiger partial charge in [0.05, 0.1) is 10.6 Å². The van der Waals surface area contributed by atoms with E-state index < -0.39 is 0 Å². The van der Waals surface area contributed by atoms with E-state index in [9.17, 15) is 4.79 Å². The van der Waals surface area contributed by atoms with Crippen molar-refractivity contribution in [3.63, 3.8) is 0 Å². The Labute approximate surface area is 110 Å². The summed E-state index contributed by atoms with van der Waals surface area (Å²) in [5, 5.41) is 4.48. The van der Waals surface area contributed by atoms with Gasteiger partial charge in [-0.15, -0.1) is 6.58 Å². The van der Waals surface area contributed by atoms with E-state index in [0.717, 1.165) is 0 Å². The number of hydrogen-bond acceptors (Lipinski definition) is 3. The van der Waals surface area contributed by atoms with E-state index in [1.54, 1.807) is 19.1 Å². The molecule has 0 aliphatic carbocycles. The molecule has 0 saturated heterocycles. The van der Waals surface area contributed by atoms with Gasteiger partial charge in [-0.25, -0.2) is 0 Å². The van der Waals surface area contributed by atoms with Crippen molar-refractivity contribution >= 4 is 17.4 Å². The molecule has 0 atom stereocenters. The van der Waals surface area contributed by atoms with Crippen molar-refractivity contribution in [3.8, 4) is 11.3 Å². The molecule has 0 aliphatic rings. The maximum absolute atomic E-state index is 12.0. The number of ketones is 1. The normalized spacial score (nSPS) is 10.3. The summed E-state index contributed by atoms with van der Waals surface area (Å²) in [4.78, 5) is 12.0. The van der Waals surface area contributed by atoms with E-state index in [0.29, 0.717) is 27.6 Å². The molecule has 2 aromatic rings. The molecule has 0 bridgehead atoms. The molecule has 0 fully saturated rings. The van der Waals surface area contributed by atoms with Gasteiger partial charge in [0, 0.05) is 12.0 Å². The fourth-order valence-electron chi connectivity index (χ4n) is 1.77. The molecule has 3 nitrogen and oxygen atoms in total. The van der Waals surface area contributed by atoms with Crippen LogP contribution in [0, 0.1) is 6.92 Å². The third-order valence-electron chi connectivity index (χ3n) is 2.60. The highest BCUT2D eigenvalue weighted by atomic mass is 35.5. The Kier molecular flexibility index (Phi) is 3.63. The second-order valence-electron chi connectivity index (χ2n) is 3.86. The van der Waals surface area contributed by atoms with Gasteiger partial charge < -0.3 is 4.52 Å². The summed E-state index contributed by atoms with van der Waals surface area (Å²) in [6.45, 7) is 5.27. The summed E-state index contributed by atoms with van der Waals surface area (Å²) in [5.41, 5.74) is 1.66. The highest BCUT2D eigenvalue weighted by Crippen LogP contribution is 2.31. The van der Waals surface area contributed by atoms with Crippen molar-refractivity contribution in [1.82, 2.24) is 5.16 Å². The SMILES string of the molecule is C=CCC(=O)c1c(-c2ccccc2Cl)noc1C. The van der Waals surface area contributed by atoms with Crippen molar-refractivity contribution in [2.24, 2.45) is 0 Å². The van der Waals surface area contributed by atoms with Gasteiger partial charge in [-0.2, -0.15) is 0 Å². The fraction of sp³-hybridized carbons (Fsp3) is 0.143. The minimum Gasteiger partial charge on any atom is -0.360 e. The zero-order chi connectivity index (χ0) is 13.1. The smallest absolute Gasteiger partial charge is 0.172 e. The minimum absolute atomic E-state index is 0.0707. The van der Waals surface area contributed by atoms with E-state index in [1.165, 1.54) is 0 Å². The van der Waals surface area contributed by atoms with Gasteiger partial charge in [0.1, 0.15) is 11.5 Å². The van der Waals surface area contributed by atoms with Gasteiger partial charge in [0.25, 0.3) is 0 Å². The molecule has 1 heterocycles. The molecule has 0 saturated carbocycles. The second kappa shape index (κ2) is 5.19. The van der Waals surface area contributed by atoms with Gasteiger partial charge in [-0.1, -0.05) is 41.0 Å². The molecule has 0 aliphatic heterocycles. The molecule has 1 aromatic heterocycles. The van der Waals surface area contributed by atoms with Crippen LogP contribution in [0.3, 0.4) is 0 Å². The Morgan fingerprint density at radius 3 is 2.89 bits per heavy atom. The second-order valence-corrected chi connectivity index (χ2v) is 4.27. The van der Waals surface area contributed by atoms with Crippen molar-refractivity contribution in [2.45, 2.75) is 13.3 Å². The Morgan fingerprint density at radius 1 is 1.50 bits per heavy atom. The number of allylic oxidation sites excluding steroid dienone is 1. The number of nitrogens with zero attached hydrogens (tertiary/aromatic N) is 1. The van der Waals surface area contributed by atoms with Gasteiger partial charge >= 0.3 is 0 Å². The van der Waals surface area contributed by atoms with Crippen LogP contribution in [0.5, 0.6) is 0 Å². The lowest BCUT2D eigenvalue weighted by atomic mass is 10.0. The predicted octanol–water partition coefficient (Wildman–Crippen LogP) is 4.06. The molecule has 0 spiro atoms. The number of aromatic nitrogens is 1. The number of halogens is 1. The van der Waals surface area contributed by atoms with Crippen molar-refractivity contribution in [3.05, 3.63) is 53.3 Å². The first-order valence-electron chi connectivity index (χ1n) is 5.50. The molecule has 18 heavy (non-hydrogen) atoms. The standard InChI is InChI=1S/C14H12ClNO2/c1-3-6-12(17)13-9(2)18-16-14(13)10-7-4-5-8-11(10)15/h3-5,7-8H,1,6H2,2H3. The monoisotopic (exact) mass is 261 g/mol. The third-order valence-corrected chi connectivity index (χ3v) is 2.93. The van der Waals surface area contributed by atoms with Gasteiger partial charge in [-0.3, -0.25) is 4.79 Å². The molecule has 92 valence electrons. The van der Waals surface area contributed by atoms with Gasteiger partial charge in [0.15, 0.2) is 5.78 Å². The van der Waals surface area contributed by atoms with Crippen LogP contribution in [-0.4, -0.2) is 10.9 Å². The van der Waals surface area contributed by atoms with E-state index >= 15 is 0 Å². The van der Waals surface area contributed by atoms with E-state index in [2.05, 4.69) is 11.7 Å². The maximum Gasteiger partial charge on any atom is 0.172 e. The van der Waals surface area contributed by atoms with Crippen LogP contribution >= 0.6 is 11.6 Å². The first-order chi connectivity index (χ1) is 8.65. The van der Waals surface area contributed by atoms with Crippen LogP contribution in [0.1, 0.15) is 22.5 Å². The number of rotatable bonds is 4. The number of Topliss-reactive ketones (excluding diaryl/α,β-unsaturated/α-hetero) is 1. The summed E-state index contributed by atoms with van der Waals surface area (Å²) in [6.07, 6.45) is 1.81. The molecule has 0 N–H and O–H groups in total. The number of hydrogen-bond donors (Lipinski definition) is 0. The lowest BCUT2D eigenvalue weighted by Crippen LogP contribution is -2.00. The lowest BCUT2D eigenvalue weighted by molar-refractivity contribution is 0.0995. The van der Waals surface area contributed by atoms with Crippen LogP contribution < -0.4 is 0 Å². The van der Waals surface area contributed by atoms with E-state index in [4.69, 9.17) is 16.1 Å². The average Bonchev–Trinajstić information content (AvgIpc) is 2.72. The lowest BCUT2D eigenvalue weighted by Gasteiger charge is -2.02. The number of aryl methyl sites for hydroxylation is 1. The summed E-state index contributed by atoms with van der Waals surface area (Å²) >= 11 is 6.11. The van der Waals surface area contributed by atoms with Gasteiger partial charge in [-0.05, 0) is 13.0 Å². The van der Waals surface area contributed by atoms with Crippen LogP contribution in [0.15, 0.2) is 41.4 Å². The Hall–Kier alpha value is -1.87. The summed E-state index contributed by atoms with van der Waals surface area (Å²) < 4.78 is 5.11. The average molecular weight is 262 g/mol. The molecule has 2 rings (SSSR count). The molecule has 0 amide bonds. The Bertz CT molecular complexity index is 602. The van der Waals surface area contributed by atoms with Crippen molar-refractivity contribution in [2.75, 3.05) is 0 Å². The van der Waals surface area contributed by atoms with Crippen LogP contribution in [0.25, 0.3) is 11.3 Å². The number of carbonyl (C=O) groups excluding carboxylic acids is 1.